The SMILES string of the molecule is CC(CNC(=O)C1(N)CCCCC1)Sc1ccccc1.Cl. The molecule has 0 heterocycles. The Balaban J connectivity index is 0.00000220. The molecule has 1 saturated carbocycles. The van der Waals surface area contributed by atoms with Gasteiger partial charge in [0.1, 0.15) is 0 Å². The van der Waals surface area contributed by atoms with Gasteiger partial charge in [0.2, 0.25) is 5.91 Å². The molecule has 0 aromatic heterocycles. The molecule has 1 aliphatic carbocycles. The van der Waals surface area contributed by atoms with E-state index in [9.17, 15) is 4.79 Å². The van der Waals surface area contributed by atoms with Crippen LogP contribution in [0, 0.1) is 0 Å². The van der Waals surface area contributed by atoms with E-state index < -0.39 is 5.54 Å². The predicted molar refractivity (Wildman–Crippen MR) is 92.0 cm³/mol. The number of thioether (sulfide) groups is 1. The first-order valence-corrected chi connectivity index (χ1v) is 8.27. The molecule has 3 N–H and O–H groups in total. The quantitative estimate of drug-likeness (QED) is 0.815. The molecule has 1 unspecified atom stereocenters. The molecule has 1 amide bonds. The van der Waals surface area contributed by atoms with Crippen LogP contribution in [-0.4, -0.2) is 23.2 Å². The van der Waals surface area contributed by atoms with Crippen molar-refractivity contribution in [3.63, 3.8) is 0 Å². The van der Waals surface area contributed by atoms with Gasteiger partial charge in [-0.2, -0.15) is 0 Å². The lowest BCUT2D eigenvalue weighted by Gasteiger charge is -2.32. The van der Waals surface area contributed by atoms with E-state index in [-0.39, 0.29) is 18.3 Å². The minimum Gasteiger partial charge on any atom is -0.353 e. The van der Waals surface area contributed by atoms with Gasteiger partial charge in [-0.15, -0.1) is 24.2 Å². The van der Waals surface area contributed by atoms with Gasteiger partial charge in [-0.25, -0.2) is 0 Å². The molecule has 0 bridgehead atoms. The van der Waals surface area contributed by atoms with Crippen molar-refractivity contribution in [2.24, 2.45) is 5.73 Å². The summed E-state index contributed by atoms with van der Waals surface area (Å²) in [5.41, 5.74) is 5.59. The molecule has 1 aromatic rings. The number of hydrogen-bond acceptors (Lipinski definition) is 3. The van der Waals surface area contributed by atoms with Gasteiger partial charge in [0.05, 0.1) is 5.54 Å². The summed E-state index contributed by atoms with van der Waals surface area (Å²) < 4.78 is 0. The highest BCUT2D eigenvalue weighted by molar-refractivity contribution is 8.00. The van der Waals surface area contributed by atoms with Crippen molar-refractivity contribution in [3.05, 3.63) is 30.3 Å². The molecule has 5 heteroatoms. The maximum absolute atomic E-state index is 12.2. The summed E-state index contributed by atoms with van der Waals surface area (Å²) >= 11 is 1.78. The molecule has 21 heavy (non-hydrogen) atoms. The molecule has 0 aliphatic heterocycles. The van der Waals surface area contributed by atoms with E-state index in [4.69, 9.17) is 5.73 Å². The third-order valence-electron chi connectivity index (χ3n) is 3.83. The lowest BCUT2D eigenvalue weighted by Crippen LogP contribution is -2.55. The van der Waals surface area contributed by atoms with E-state index in [2.05, 4.69) is 24.4 Å². The van der Waals surface area contributed by atoms with Crippen LogP contribution in [0.4, 0.5) is 0 Å². The number of carbonyl (C=O) groups excluding carboxylic acids is 1. The minimum absolute atomic E-state index is 0. The number of benzene rings is 1. The number of carbonyl (C=O) groups is 1. The van der Waals surface area contributed by atoms with Gasteiger partial charge in [0.25, 0.3) is 0 Å². The molecule has 0 spiro atoms. The van der Waals surface area contributed by atoms with Crippen LogP contribution in [0.2, 0.25) is 0 Å². The molecular weight excluding hydrogens is 304 g/mol. The highest BCUT2D eigenvalue weighted by Gasteiger charge is 2.35. The molecule has 1 aliphatic rings. The first kappa shape index (κ1) is 18.3. The molecule has 1 fully saturated rings. The van der Waals surface area contributed by atoms with Crippen molar-refractivity contribution in [2.75, 3.05) is 6.54 Å². The summed E-state index contributed by atoms with van der Waals surface area (Å²) in [5.74, 6) is 0.0257. The summed E-state index contributed by atoms with van der Waals surface area (Å²) in [6, 6.07) is 10.3. The van der Waals surface area contributed by atoms with Crippen molar-refractivity contribution in [1.29, 1.82) is 0 Å². The molecule has 0 saturated heterocycles. The fourth-order valence-electron chi connectivity index (χ4n) is 2.60. The van der Waals surface area contributed by atoms with E-state index >= 15 is 0 Å². The minimum atomic E-state index is -0.630. The van der Waals surface area contributed by atoms with Crippen LogP contribution < -0.4 is 11.1 Å². The largest absolute Gasteiger partial charge is 0.353 e. The summed E-state index contributed by atoms with van der Waals surface area (Å²) in [5, 5.41) is 3.37. The van der Waals surface area contributed by atoms with Crippen LogP contribution in [-0.2, 0) is 4.79 Å². The Bertz CT molecular complexity index is 435. The van der Waals surface area contributed by atoms with Crippen LogP contribution >= 0.6 is 24.2 Å². The van der Waals surface area contributed by atoms with Gasteiger partial charge in [-0.3, -0.25) is 4.79 Å². The Labute approximate surface area is 137 Å². The van der Waals surface area contributed by atoms with Gasteiger partial charge < -0.3 is 11.1 Å². The summed E-state index contributed by atoms with van der Waals surface area (Å²) in [6.07, 6.45) is 4.97. The summed E-state index contributed by atoms with van der Waals surface area (Å²) in [6.45, 7) is 2.79. The van der Waals surface area contributed by atoms with Crippen LogP contribution in [0.5, 0.6) is 0 Å². The maximum Gasteiger partial charge on any atom is 0.240 e. The number of nitrogens with one attached hydrogen (secondary N) is 1. The van der Waals surface area contributed by atoms with E-state index in [0.717, 1.165) is 25.7 Å². The number of rotatable bonds is 5. The standard InChI is InChI=1S/C16H24N2OS.ClH/c1-13(20-14-8-4-2-5-9-14)12-18-15(19)16(17)10-6-3-7-11-16;/h2,4-5,8-9,13H,3,6-7,10-12,17H2,1H3,(H,18,19);1H. The number of nitrogens with two attached hydrogens (primary N) is 1. The van der Waals surface area contributed by atoms with Crippen molar-refractivity contribution < 1.29 is 4.79 Å². The summed E-state index contributed by atoms with van der Waals surface area (Å²) in [7, 11) is 0. The lowest BCUT2D eigenvalue weighted by atomic mass is 9.82. The zero-order chi connectivity index (χ0) is 14.4. The maximum atomic E-state index is 12.2. The van der Waals surface area contributed by atoms with E-state index in [1.807, 2.05) is 18.2 Å². The number of hydrogen-bond donors (Lipinski definition) is 2. The number of amides is 1. The molecule has 0 radical (unpaired) electrons. The van der Waals surface area contributed by atoms with Crippen LogP contribution in [0.15, 0.2) is 35.2 Å². The third kappa shape index (κ3) is 5.53. The fraction of sp³-hybridized carbons (Fsp3) is 0.562. The van der Waals surface area contributed by atoms with Gasteiger partial charge >= 0.3 is 0 Å². The first-order chi connectivity index (χ1) is 9.60. The average Bonchev–Trinajstić information content (AvgIpc) is 2.46. The smallest absolute Gasteiger partial charge is 0.240 e. The lowest BCUT2D eigenvalue weighted by molar-refractivity contribution is -0.127. The Morgan fingerprint density at radius 1 is 1.29 bits per heavy atom. The fourth-order valence-corrected chi connectivity index (χ4v) is 3.54. The predicted octanol–water partition coefficient (Wildman–Crippen LogP) is 3.37. The second-order valence-electron chi connectivity index (χ2n) is 5.67. The van der Waals surface area contributed by atoms with Gasteiger partial charge in [-0.1, -0.05) is 44.4 Å². The Hall–Kier alpha value is -0.710. The Morgan fingerprint density at radius 3 is 2.52 bits per heavy atom. The van der Waals surface area contributed by atoms with Crippen molar-refractivity contribution >= 4 is 30.1 Å². The highest BCUT2D eigenvalue weighted by atomic mass is 35.5. The van der Waals surface area contributed by atoms with Crippen LogP contribution in [0.1, 0.15) is 39.0 Å². The van der Waals surface area contributed by atoms with Crippen LogP contribution in [0.3, 0.4) is 0 Å². The molecule has 118 valence electrons. The van der Waals surface area contributed by atoms with Gasteiger partial charge in [0, 0.05) is 16.7 Å². The topological polar surface area (TPSA) is 55.1 Å². The van der Waals surface area contributed by atoms with E-state index in [1.54, 1.807) is 11.8 Å². The normalized spacial score (nSPS) is 18.4. The monoisotopic (exact) mass is 328 g/mol. The molecule has 1 atom stereocenters. The average molecular weight is 329 g/mol. The zero-order valence-corrected chi connectivity index (χ0v) is 14.1. The first-order valence-electron chi connectivity index (χ1n) is 7.39. The highest BCUT2D eigenvalue weighted by Crippen LogP contribution is 2.26. The van der Waals surface area contributed by atoms with E-state index in [0.29, 0.717) is 11.8 Å². The zero-order valence-electron chi connectivity index (χ0n) is 12.5. The van der Waals surface area contributed by atoms with Crippen molar-refractivity contribution in [2.45, 2.75) is 54.7 Å². The van der Waals surface area contributed by atoms with Gasteiger partial charge in [0.15, 0.2) is 0 Å². The second-order valence-corrected chi connectivity index (χ2v) is 7.18. The second kappa shape index (κ2) is 8.66. The molecule has 1 aromatic carbocycles. The van der Waals surface area contributed by atoms with Crippen molar-refractivity contribution in [3.8, 4) is 0 Å². The Morgan fingerprint density at radius 2 is 1.90 bits per heavy atom. The van der Waals surface area contributed by atoms with Crippen molar-refractivity contribution in [1.82, 2.24) is 5.32 Å². The number of halogens is 1. The van der Waals surface area contributed by atoms with Gasteiger partial charge in [-0.05, 0) is 25.0 Å². The molecule has 3 nitrogen and oxygen atoms in total. The van der Waals surface area contributed by atoms with Crippen LogP contribution in [0.25, 0.3) is 0 Å². The third-order valence-corrected chi connectivity index (χ3v) is 4.94. The molecule has 2 rings (SSSR count). The molecular formula is C16H25ClN2OS. The summed E-state index contributed by atoms with van der Waals surface area (Å²) in [4.78, 5) is 13.5. The Kier molecular flexibility index (Phi) is 7.57. The van der Waals surface area contributed by atoms with E-state index in [1.165, 1.54) is 11.3 Å².